The largest absolute Gasteiger partial charge is 0.493 e. The van der Waals surface area contributed by atoms with Gasteiger partial charge in [0.1, 0.15) is 0 Å². The van der Waals surface area contributed by atoms with Gasteiger partial charge in [0.2, 0.25) is 5.88 Å². The maximum Gasteiger partial charge on any atom is 0.222 e. The molecule has 3 aromatic rings. The van der Waals surface area contributed by atoms with Crippen molar-refractivity contribution in [1.82, 2.24) is 9.78 Å². The molecule has 3 nitrogen and oxygen atoms in total. The van der Waals surface area contributed by atoms with Crippen LogP contribution in [-0.4, -0.2) is 14.9 Å². The molecule has 0 spiro atoms. The minimum absolute atomic E-state index is 0.160. The maximum atomic E-state index is 10.2. The van der Waals surface area contributed by atoms with Crippen molar-refractivity contribution in [2.75, 3.05) is 0 Å². The first-order valence-corrected chi connectivity index (χ1v) is 5.74. The minimum atomic E-state index is 0.160. The predicted molar refractivity (Wildman–Crippen MR) is 70.7 cm³/mol. The van der Waals surface area contributed by atoms with Crippen molar-refractivity contribution in [3.8, 4) is 22.7 Å². The molecule has 0 saturated heterocycles. The molecule has 0 fully saturated rings. The first kappa shape index (κ1) is 10.6. The Morgan fingerprint density at radius 3 is 2.11 bits per heavy atom. The van der Waals surface area contributed by atoms with Gasteiger partial charge in [-0.2, -0.15) is 5.10 Å². The summed E-state index contributed by atoms with van der Waals surface area (Å²) >= 11 is 0. The summed E-state index contributed by atoms with van der Waals surface area (Å²) in [5.41, 5.74) is 2.54. The van der Waals surface area contributed by atoms with E-state index in [0.29, 0.717) is 0 Å². The second kappa shape index (κ2) is 4.37. The van der Waals surface area contributed by atoms with E-state index in [0.717, 1.165) is 16.8 Å². The van der Waals surface area contributed by atoms with Gasteiger partial charge in [-0.3, -0.25) is 0 Å². The van der Waals surface area contributed by atoms with E-state index < -0.39 is 0 Å². The van der Waals surface area contributed by atoms with E-state index in [4.69, 9.17) is 0 Å². The van der Waals surface area contributed by atoms with Crippen LogP contribution in [0.1, 0.15) is 0 Å². The third kappa shape index (κ3) is 1.76. The highest BCUT2D eigenvalue weighted by Gasteiger charge is 2.11. The summed E-state index contributed by atoms with van der Waals surface area (Å²) in [6, 6.07) is 19.3. The van der Waals surface area contributed by atoms with Crippen molar-refractivity contribution in [3.05, 3.63) is 66.9 Å². The Hall–Kier alpha value is -2.55. The van der Waals surface area contributed by atoms with Crippen LogP contribution in [0.25, 0.3) is 16.8 Å². The number of hydrogen-bond donors (Lipinski definition) is 1. The topological polar surface area (TPSA) is 38.1 Å². The molecule has 0 saturated carbocycles. The lowest BCUT2D eigenvalue weighted by Gasteiger charge is -2.03. The smallest absolute Gasteiger partial charge is 0.222 e. The Balaban J connectivity index is 2.09. The van der Waals surface area contributed by atoms with Crippen molar-refractivity contribution in [1.29, 1.82) is 0 Å². The fourth-order valence-corrected chi connectivity index (χ4v) is 1.92. The SMILES string of the molecule is Oc1c(-c2ccccc2)cnn1-c1ccccc1. The number of para-hydroxylation sites is 1. The average Bonchev–Trinajstić information content (AvgIpc) is 2.83. The van der Waals surface area contributed by atoms with Gasteiger partial charge in [-0.1, -0.05) is 48.5 Å². The second-order valence-corrected chi connectivity index (χ2v) is 4.00. The van der Waals surface area contributed by atoms with Gasteiger partial charge in [0.05, 0.1) is 17.4 Å². The van der Waals surface area contributed by atoms with Crippen LogP contribution < -0.4 is 0 Å². The molecule has 18 heavy (non-hydrogen) atoms. The normalized spacial score (nSPS) is 10.4. The molecule has 1 aromatic heterocycles. The highest BCUT2D eigenvalue weighted by molar-refractivity contribution is 5.68. The van der Waals surface area contributed by atoms with Gasteiger partial charge in [-0.05, 0) is 17.7 Å². The summed E-state index contributed by atoms with van der Waals surface area (Å²) in [6.07, 6.45) is 1.68. The zero-order valence-electron chi connectivity index (χ0n) is 9.69. The van der Waals surface area contributed by atoms with E-state index >= 15 is 0 Å². The summed E-state index contributed by atoms with van der Waals surface area (Å²) in [5.74, 6) is 0.160. The Kier molecular flexibility index (Phi) is 2.57. The van der Waals surface area contributed by atoms with Gasteiger partial charge >= 0.3 is 0 Å². The van der Waals surface area contributed by atoms with E-state index in [1.165, 1.54) is 4.68 Å². The minimum Gasteiger partial charge on any atom is -0.493 e. The van der Waals surface area contributed by atoms with Gasteiger partial charge < -0.3 is 5.11 Å². The molecule has 0 unspecified atom stereocenters. The number of nitrogens with zero attached hydrogens (tertiary/aromatic N) is 2. The lowest BCUT2D eigenvalue weighted by Crippen LogP contribution is -1.94. The maximum absolute atomic E-state index is 10.2. The third-order valence-electron chi connectivity index (χ3n) is 2.83. The molecule has 3 heteroatoms. The zero-order chi connectivity index (χ0) is 12.4. The summed E-state index contributed by atoms with van der Waals surface area (Å²) in [6.45, 7) is 0. The van der Waals surface area contributed by atoms with E-state index in [2.05, 4.69) is 5.10 Å². The van der Waals surface area contributed by atoms with Crippen molar-refractivity contribution in [2.45, 2.75) is 0 Å². The molecule has 2 aromatic carbocycles. The van der Waals surface area contributed by atoms with Crippen molar-refractivity contribution in [3.63, 3.8) is 0 Å². The quantitative estimate of drug-likeness (QED) is 0.741. The van der Waals surface area contributed by atoms with E-state index in [-0.39, 0.29) is 5.88 Å². The summed E-state index contributed by atoms with van der Waals surface area (Å²) in [5, 5.41) is 14.5. The van der Waals surface area contributed by atoms with Gasteiger partial charge in [-0.25, -0.2) is 4.68 Å². The standard InChI is InChI=1S/C15H12N2O/c18-15-14(12-7-3-1-4-8-12)11-16-17(15)13-9-5-2-6-10-13/h1-11,18H. The molecule has 3 rings (SSSR count). The van der Waals surface area contributed by atoms with E-state index in [1.54, 1.807) is 6.20 Å². The molecular formula is C15H12N2O. The van der Waals surface area contributed by atoms with Crippen molar-refractivity contribution >= 4 is 0 Å². The van der Waals surface area contributed by atoms with Crippen molar-refractivity contribution < 1.29 is 5.11 Å². The first-order valence-electron chi connectivity index (χ1n) is 5.74. The molecule has 0 aliphatic heterocycles. The zero-order valence-corrected chi connectivity index (χ0v) is 9.69. The van der Waals surface area contributed by atoms with Crippen LogP contribution in [0.4, 0.5) is 0 Å². The number of aromatic nitrogens is 2. The van der Waals surface area contributed by atoms with E-state index in [9.17, 15) is 5.11 Å². The van der Waals surface area contributed by atoms with E-state index in [1.807, 2.05) is 60.7 Å². The molecule has 0 bridgehead atoms. The van der Waals surface area contributed by atoms with Crippen LogP contribution in [0.3, 0.4) is 0 Å². The Morgan fingerprint density at radius 1 is 0.833 bits per heavy atom. The number of hydrogen-bond acceptors (Lipinski definition) is 2. The number of aromatic hydroxyl groups is 1. The van der Waals surface area contributed by atoms with Gasteiger partial charge in [0.15, 0.2) is 0 Å². The van der Waals surface area contributed by atoms with Gasteiger partial charge in [0, 0.05) is 0 Å². The number of rotatable bonds is 2. The Morgan fingerprint density at radius 2 is 1.44 bits per heavy atom. The highest BCUT2D eigenvalue weighted by atomic mass is 16.3. The van der Waals surface area contributed by atoms with Crippen LogP contribution in [0, 0.1) is 0 Å². The molecule has 0 radical (unpaired) electrons. The molecular weight excluding hydrogens is 224 g/mol. The Bertz CT molecular complexity index is 588. The molecule has 1 heterocycles. The van der Waals surface area contributed by atoms with Crippen LogP contribution >= 0.6 is 0 Å². The Labute approximate surface area is 105 Å². The van der Waals surface area contributed by atoms with Crippen LogP contribution in [0.5, 0.6) is 5.88 Å². The summed E-state index contributed by atoms with van der Waals surface area (Å²) in [4.78, 5) is 0. The lowest BCUT2D eigenvalue weighted by atomic mass is 10.1. The summed E-state index contributed by atoms with van der Waals surface area (Å²) in [7, 11) is 0. The van der Waals surface area contributed by atoms with Gasteiger partial charge in [-0.15, -0.1) is 0 Å². The monoisotopic (exact) mass is 236 g/mol. The molecule has 0 amide bonds. The van der Waals surface area contributed by atoms with Crippen molar-refractivity contribution in [2.24, 2.45) is 0 Å². The lowest BCUT2D eigenvalue weighted by molar-refractivity contribution is 0.435. The fourth-order valence-electron chi connectivity index (χ4n) is 1.92. The van der Waals surface area contributed by atoms with Crippen LogP contribution in [0.2, 0.25) is 0 Å². The van der Waals surface area contributed by atoms with Crippen LogP contribution in [-0.2, 0) is 0 Å². The molecule has 0 aliphatic rings. The molecule has 0 atom stereocenters. The van der Waals surface area contributed by atoms with Crippen LogP contribution in [0.15, 0.2) is 66.9 Å². The molecule has 88 valence electrons. The highest BCUT2D eigenvalue weighted by Crippen LogP contribution is 2.30. The predicted octanol–water partition coefficient (Wildman–Crippen LogP) is 3.24. The number of benzene rings is 2. The third-order valence-corrected chi connectivity index (χ3v) is 2.83. The second-order valence-electron chi connectivity index (χ2n) is 4.00. The molecule has 1 N–H and O–H groups in total. The molecule has 0 aliphatic carbocycles. The average molecular weight is 236 g/mol. The first-order chi connectivity index (χ1) is 8.86. The summed E-state index contributed by atoms with van der Waals surface area (Å²) < 4.78 is 1.53. The van der Waals surface area contributed by atoms with Gasteiger partial charge in [0.25, 0.3) is 0 Å². The fraction of sp³-hybridized carbons (Fsp3) is 0.